The fraction of sp³-hybridized carbons (Fsp3) is 0.0556. The summed E-state index contributed by atoms with van der Waals surface area (Å²) in [5.41, 5.74) is 2.74. The Morgan fingerprint density at radius 1 is 0.955 bits per heavy atom. The molecule has 0 spiro atoms. The molecular formula is C18H14ClN2O. The van der Waals surface area contributed by atoms with E-state index >= 15 is 0 Å². The Morgan fingerprint density at radius 2 is 1.77 bits per heavy atom. The molecule has 3 aromatic rings. The highest BCUT2D eigenvalue weighted by Gasteiger charge is 2.05. The van der Waals surface area contributed by atoms with E-state index in [-0.39, 0.29) is 0 Å². The van der Waals surface area contributed by atoms with Gasteiger partial charge in [-0.25, -0.2) is 4.98 Å². The highest BCUT2D eigenvalue weighted by Crippen LogP contribution is 2.20. The standard InChI is InChI=1S/C18H14ClN2O/c19-18-17(20-9-10-21-18)12-15-7-4-8-16(11-15)22-13-14-5-2-1-3-6-14/h1-12H,13H2. The molecule has 2 aromatic carbocycles. The van der Waals surface area contributed by atoms with Gasteiger partial charge in [0.05, 0.1) is 5.69 Å². The molecule has 1 radical (unpaired) electrons. The smallest absolute Gasteiger partial charge is 0.151 e. The Morgan fingerprint density at radius 3 is 2.59 bits per heavy atom. The highest BCUT2D eigenvalue weighted by atomic mass is 35.5. The summed E-state index contributed by atoms with van der Waals surface area (Å²) in [7, 11) is 0. The van der Waals surface area contributed by atoms with Crippen molar-refractivity contribution < 1.29 is 4.74 Å². The molecule has 1 aromatic heterocycles. The van der Waals surface area contributed by atoms with Gasteiger partial charge < -0.3 is 4.74 Å². The largest absolute Gasteiger partial charge is 0.489 e. The monoisotopic (exact) mass is 309 g/mol. The summed E-state index contributed by atoms with van der Waals surface area (Å²) in [5.74, 6) is 0.803. The van der Waals surface area contributed by atoms with Crippen LogP contribution in [0.3, 0.4) is 0 Å². The van der Waals surface area contributed by atoms with Crippen molar-refractivity contribution in [3.05, 3.63) is 95.4 Å². The van der Waals surface area contributed by atoms with Crippen LogP contribution in [0.25, 0.3) is 0 Å². The summed E-state index contributed by atoms with van der Waals surface area (Å²) in [6, 6.07) is 17.9. The molecule has 109 valence electrons. The molecule has 0 saturated heterocycles. The minimum Gasteiger partial charge on any atom is -0.489 e. The maximum absolute atomic E-state index is 6.02. The van der Waals surface area contributed by atoms with E-state index < -0.39 is 0 Å². The number of rotatable bonds is 5. The third-order valence-electron chi connectivity index (χ3n) is 3.09. The van der Waals surface area contributed by atoms with Crippen LogP contribution < -0.4 is 4.74 Å². The van der Waals surface area contributed by atoms with Gasteiger partial charge in [-0.05, 0) is 23.3 Å². The van der Waals surface area contributed by atoms with Crippen LogP contribution in [-0.2, 0) is 6.61 Å². The minimum absolute atomic E-state index is 0.387. The van der Waals surface area contributed by atoms with Crippen LogP contribution in [0, 0.1) is 6.42 Å². The first-order chi connectivity index (χ1) is 10.8. The van der Waals surface area contributed by atoms with Crippen molar-refractivity contribution in [2.24, 2.45) is 0 Å². The summed E-state index contributed by atoms with van der Waals surface area (Å²) in [6.07, 6.45) is 5.07. The van der Waals surface area contributed by atoms with Crippen molar-refractivity contribution in [2.75, 3.05) is 0 Å². The molecule has 0 N–H and O–H groups in total. The zero-order valence-corrected chi connectivity index (χ0v) is 12.6. The van der Waals surface area contributed by atoms with Crippen LogP contribution >= 0.6 is 11.6 Å². The lowest BCUT2D eigenvalue weighted by molar-refractivity contribution is 0.306. The van der Waals surface area contributed by atoms with Gasteiger partial charge in [0.15, 0.2) is 5.15 Å². The van der Waals surface area contributed by atoms with Crippen molar-refractivity contribution >= 4 is 11.6 Å². The number of benzene rings is 2. The Balaban J connectivity index is 1.69. The third-order valence-corrected chi connectivity index (χ3v) is 3.38. The van der Waals surface area contributed by atoms with Crippen molar-refractivity contribution in [1.82, 2.24) is 9.97 Å². The molecule has 1 heterocycles. The van der Waals surface area contributed by atoms with Gasteiger partial charge in [0, 0.05) is 18.8 Å². The second kappa shape index (κ2) is 7.05. The molecule has 0 amide bonds. The number of hydrogen-bond acceptors (Lipinski definition) is 3. The van der Waals surface area contributed by atoms with E-state index in [0.29, 0.717) is 17.5 Å². The predicted octanol–water partition coefficient (Wildman–Crippen LogP) is 4.31. The molecule has 3 nitrogen and oxygen atoms in total. The minimum atomic E-state index is 0.387. The average molecular weight is 310 g/mol. The van der Waals surface area contributed by atoms with E-state index in [1.165, 1.54) is 0 Å². The summed E-state index contributed by atoms with van der Waals surface area (Å²) >= 11 is 6.02. The highest BCUT2D eigenvalue weighted by molar-refractivity contribution is 6.30. The molecule has 0 bridgehead atoms. The van der Waals surface area contributed by atoms with E-state index in [1.54, 1.807) is 12.4 Å². The normalized spacial score (nSPS) is 10.4. The van der Waals surface area contributed by atoms with Gasteiger partial charge >= 0.3 is 0 Å². The molecular weight excluding hydrogens is 296 g/mol. The second-order valence-corrected chi connectivity index (χ2v) is 5.08. The van der Waals surface area contributed by atoms with Gasteiger partial charge in [0.25, 0.3) is 0 Å². The summed E-state index contributed by atoms with van der Waals surface area (Å²) in [6.45, 7) is 0.538. The molecule has 4 heteroatoms. The fourth-order valence-corrected chi connectivity index (χ4v) is 2.18. The van der Waals surface area contributed by atoms with Crippen LogP contribution in [0.4, 0.5) is 0 Å². The van der Waals surface area contributed by atoms with E-state index in [0.717, 1.165) is 16.9 Å². The van der Waals surface area contributed by atoms with Crippen molar-refractivity contribution in [1.29, 1.82) is 0 Å². The van der Waals surface area contributed by atoms with Crippen LogP contribution in [0.5, 0.6) is 5.75 Å². The molecule has 0 fully saturated rings. The van der Waals surface area contributed by atoms with Crippen molar-refractivity contribution in [3.8, 4) is 5.75 Å². The molecule has 0 unspecified atom stereocenters. The first-order valence-corrected chi connectivity index (χ1v) is 7.27. The molecule has 0 saturated carbocycles. The SMILES string of the molecule is Clc1nccnc1[CH]c1cccc(OCc2ccccc2)c1. The number of ether oxygens (including phenoxy) is 1. The number of halogens is 1. The van der Waals surface area contributed by atoms with E-state index in [9.17, 15) is 0 Å². The van der Waals surface area contributed by atoms with Crippen molar-refractivity contribution in [2.45, 2.75) is 6.61 Å². The Bertz CT molecular complexity index is 747. The summed E-state index contributed by atoms with van der Waals surface area (Å²) in [5, 5.41) is 0.387. The van der Waals surface area contributed by atoms with E-state index in [4.69, 9.17) is 16.3 Å². The van der Waals surface area contributed by atoms with Gasteiger partial charge in [-0.15, -0.1) is 0 Å². The molecule has 0 aliphatic rings. The van der Waals surface area contributed by atoms with Crippen LogP contribution in [0.1, 0.15) is 16.8 Å². The Labute approximate surface area is 134 Å². The van der Waals surface area contributed by atoms with Crippen LogP contribution in [-0.4, -0.2) is 9.97 Å². The quantitative estimate of drug-likeness (QED) is 0.704. The lowest BCUT2D eigenvalue weighted by Gasteiger charge is -2.08. The molecule has 0 aliphatic carbocycles. The first kappa shape index (κ1) is 14.5. The van der Waals surface area contributed by atoms with Gasteiger partial charge in [-0.2, -0.15) is 0 Å². The van der Waals surface area contributed by atoms with Gasteiger partial charge in [-0.1, -0.05) is 54.1 Å². The summed E-state index contributed by atoms with van der Waals surface area (Å²) < 4.78 is 5.81. The molecule has 0 atom stereocenters. The summed E-state index contributed by atoms with van der Waals surface area (Å²) in [4.78, 5) is 8.22. The lowest BCUT2D eigenvalue weighted by Crippen LogP contribution is -1.96. The number of hydrogen-bond donors (Lipinski definition) is 0. The molecule has 3 rings (SSSR count). The Hall–Kier alpha value is -2.39. The van der Waals surface area contributed by atoms with Gasteiger partial charge in [0.1, 0.15) is 12.4 Å². The van der Waals surface area contributed by atoms with E-state index in [1.807, 2.05) is 61.0 Å². The van der Waals surface area contributed by atoms with E-state index in [2.05, 4.69) is 9.97 Å². The fourth-order valence-electron chi connectivity index (χ4n) is 2.02. The predicted molar refractivity (Wildman–Crippen MR) is 86.8 cm³/mol. The number of nitrogens with zero attached hydrogens (tertiary/aromatic N) is 2. The van der Waals surface area contributed by atoms with Crippen LogP contribution in [0.2, 0.25) is 5.15 Å². The van der Waals surface area contributed by atoms with Gasteiger partial charge in [-0.3, -0.25) is 4.98 Å². The topological polar surface area (TPSA) is 35.0 Å². The van der Waals surface area contributed by atoms with Crippen molar-refractivity contribution in [3.63, 3.8) is 0 Å². The third kappa shape index (κ3) is 3.83. The first-order valence-electron chi connectivity index (χ1n) is 6.89. The lowest BCUT2D eigenvalue weighted by atomic mass is 10.1. The maximum Gasteiger partial charge on any atom is 0.151 e. The average Bonchev–Trinajstić information content (AvgIpc) is 2.57. The zero-order valence-electron chi connectivity index (χ0n) is 11.8. The molecule has 22 heavy (non-hydrogen) atoms. The molecule has 0 aliphatic heterocycles. The zero-order chi connectivity index (χ0) is 15.2. The Kier molecular flexibility index (Phi) is 4.66. The van der Waals surface area contributed by atoms with Crippen LogP contribution in [0.15, 0.2) is 67.0 Å². The number of aromatic nitrogens is 2. The second-order valence-electron chi connectivity index (χ2n) is 4.72. The van der Waals surface area contributed by atoms with Gasteiger partial charge in [0.2, 0.25) is 0 Å². The maximum atomic E-state index is 6.02.